The van der Waals surface area contributed by atoms with Gasteiger partial charge < -0.3 is 20.5 Å². The Kier molecular flexibility index (Phi) is 9.37. The molecule has 0 saturated carbocycles. The van der Waals surface area contributed by atoms with E-state index in [4.69, 9.17) is 15.2 Å². The van der Waals surface area contributed by atoms with E-state index in [1.807, 2.05) is 0 Å². The van der Waals surface area contributed by atoms with Crippen LogP contribution in [0.25, 0.3) is 0 Å². The van der Waals surface area contributed by atoms with E-state index in [9.17, 15) is 22.8 Å². The maximum absolute atomic E-state index is 12.9. The average Bonchev–Trinajstić information content (AvgIpc) is 3.08. The Morgan fingerprint density at radius 3 is 2.42 bits per heavy atom. The topological polar surface area (TPSA) is 116 Å². The van der Waals surface area contributed by atoms with Gasteiger partial charge in [-0.2, -0.15) is 13.2 Å². The summed E-state index contributed by atoms with van der Waals surface area (Å²) in [5.41, 5.74) is 4.56. The number of aromatic nitrogens is 1. The predicted octanol–water partition coefficient (Wildman–Crippen LogP) is 3.04. The summed E-state index contributed by atoms with van der Waals surface area (Å²) in [5, 5.41) is 4.78. The van der Waals surface area contributed by atoms with Gasteiger partial charge in [0, 0.05) is 11.4 Å². The molecule has 31 heavy (non-hydrogen) atoms. The van der Waals surface area contributed by atoms with Crippen LogP contribution in [0.1, 0.15) is 27.3 Å². The zero-order valence-electron chi connectivity index (χ0n) is 16.8. The molecule has 8 nitrogen and oxygen atoms in total. The minimum absolute atomic E-state index is 0.0491. The number of nitrogens with two attached hydrogens (primary N) is 1. The van der Waals surface area contributed by atoms with Crippen molar-refractivity contribution in [1.82, 2.24) is 4.98 Å². The van der Waals surface area contributed by atoms with Crippen LogP contribution in [0, 0.1) is 6.92 Å². The van der Waals surface area contributed by atoms with E-state index in [2.05, 4.69) is 15.6 Å². The highest BCUT2D eigenvalue weighted by Gasteiger charge is 2.36. The summed E-state index contributed by atoms with van der Waals surface area (Å²) < 4.78 is 49.1. The number of nitrogens with one attached hydrogen (secondary N) is 2. The molecule has 0 bridgehead atoms. The van der Waals surface area contributed by atoms with Gasteiger partial charge in [-0.15, -0.1) is 11.3 Å². The number of thiazole rings is 1. The van der Waals surface area contributed by atoms with Crippen molar-refractivity contribution in [2.45, 2.75) is 19.5 Å². The molecular formula is C19H23F3N4O4S. The Labute approximate surface area is 180 Å². The van der Waals surface area contributed by atoms with Gasteiger partial charge in [0.15, 0.2) is 10.8 Å². The van der Waals surface area contributed by atoms with Crippen molar-refractivity contribution in [2.75, 3.05) is 43.6 Å². The van der Waals surface area contributed by atoms with Crippen LogP contribution < -0.4 is 16.4 Å². The molecule has 0 aliphatic heterocycles. The predicted molar refractivity (Wildman–Crippen MR) is 110 cm³/mol. The Hall–Kier alpha value is -2.54. The van der Waals surface area contributed by atoms with E-state index in [0.29, 0.717) is 26.4 Å². The molecule has 12 heteroatoms. The monoisotopic (exact) mass is 460 g/mol. The fourth-order valence-corrected chi connectivity index (χ4v) is 3.28. The number of hydrogen-bond donors (Lipinski definition) is 3. The van der Waals surface area contributed by atoms with Gasteiger partial charge in [-0.1, -0.05) is 12.1 Å². The number of rotatable bonds is 11. The number of para-hydroxylation sites is 1. The van der Waals surface area contributed by atoms with Gasteiger partial charge in [-0.05, 0) is 19.1 Å². The quantitative estimate of drug-likeness (QED) is 0.444. The SMILES string of the molecule is Cc1sc(NC(=O)c2ccccc2NC(=O)CCOCCOCCN)nc1C(F)(F)F. The van der Waals surface area contributed by atoms with Gasteiger partial charge in [0.05, 0.1) is 44.1 Å². The maximum Gasteiger partial charge on any atom is 0.434 e. The Balaban J connectivity index is 1.92. The van der Waals surface area contributed by atoms with E-state index in [0.717, 1.165) is 11.3 Å². The van der Waals surface area contributed by atoms with Crippen molar-refractivity contribution in [3.05, 3.63) is 40.4 Å². The first-order valence-electron chi connectivity index (χ1n) is 9.32. The van der Waals surface area contributed by atoms with Gasteiger partial charge in [-0.25, -0.2) is 4.98 Å². The van der Waals surface area contributed by atoms with Crippen molar-refractivity contribution in [2.24, 2.45) is 5.73 Å². The molecule has 0 radical (unpaired) electrons. The maximum atomic E-state index is 12.9. The highest BCUT2D eigenvalue weighted by atomic mass is 32.1. The van der Waals surface area contributed by atoms with Gasteiger partial charge in [0.25, 0.3) is 5.91 Å². The minimum atomic E-state index is -4.60. The second-order valence-corrected chi connectivity index (χ2v) is 7.44. The lowest BCUT2D eigenvalue weighted by Gasteiger charge is -2.11. The molecule has 0 unspecified atom stereocenters. The van der Waals surface area contributed by atoms with E-state index in [1.54, 1.807) is 12.1 Å². The first kappa shape index (κ1) is 24.7. The van der Waals surface area contributed by atoms with Crippen LogP contribution >= 0.6 is 11.3 Å². The van der Waals surface area contributed by atoms with Crippen molar-refractivity contribution in [1.29, 1.82) is 0 Å². The van der Waals surface area contributed by atoms with E-state index < -0.39 is 17.8 Å². The molecule has 0 fully saturated rings. The second kappa shape index (κ2) is 11.7. The standard InChI is InChI=1S/C19H23F3N4O4S/c1-12-16(19(20,21)22)25-18(31-12)26-17(28)13-4-2-3-5-14(13)24-15(27)6-8-29-10-11-30-9-7-23/h2-5H,6-11,23H2,1H3,(H,24,27)(H,25,26,28). The third-order valence-corrected chi connectivity index (χ3v) is 4.73. The number of hydrogen-bond acceptors (Lipinski definition) is 7. The molecule has 2 aromatic rings. The fraction of sp³-hybridized carbons (Fsp3) is 0.421. The number of anilines is 2. The molecule has 4 N–H and O–H groups in total. The van der Waals surface area contributed by atoms with Crippen molar-refractivity contribution < 1.29 is 32.2 Å². The molecule has 0 aliphatic rings. The molecule has 0 aliphatic carbocycles. The van der Waals surface area contributed by atoms with Crippen LogP contribution in [0.2, 0.25) is 0 Å². The largest absolute Gasteiger partial charge is 0.434 e. The van der Waals surface area contributed by atoms with Gasteiger partial charge in [0.2, 0.25) is 5.91 Å². The number of halogens is 3. The van der Waals surface area contributed by atoms with Crippen molar-refractivity contribution >= 4 is 34.0 Å². The number of amides is 2. The Morgan fingerprint density at radius 2 is 1.77 bits per heavy atom. The lowest BCUT2D eigenvalue weighted by Crippen LogP contribution is -2.19. The average molecular weight is 460 g/mol. The molecule has 170 valence electrons. The van der Waals surface area contributed by atoms with Gasteiger partial charge >= 0.3 is 6.18 Å². The van der Waals surface area contributed by atoms with Crippen molar-refractivity contribution in [3.8, 4) is 0 Å². The lowest BCUT2D eigenvalue weighted by atomic mass is 10.1. The summed E-state index contributed by atoms with van der Waals surface area (Å²) in [5.74, 6) is -1.07. The molecular weight excluding hydrogens is 437 g/mol. The Bertz CT molecular complexity index is 889. The van der Waals surface area contributed by atoms with Gasteiger partial charge in [0.1, 0.15) is 0 Å². The fourth-order valence-electron chi connectivity index (χ4n) is 2.45. The van der Waals surface area contributed by atoms with Crippen LogP contribution in [0.4, 0.5) is 24.0 Å². The molecule has 1 heterocycles. The zero-order chi connectivity index (χ0) is 22.9. The summed E-state index contributed by atoms with van der Waals surface area (Å²) in [6.45, 7) is 2.97. The molecule has 0 spiro atoms. The number of benzene rings is 1. The highest BCUT2D eigenvalue weighted by molar-refractivity contribution is 7.15. The van der Waals surface area contributed by atoms with Crippen LogP contribution in [-0.4, -0.2) is 49.8 Å². The lowest BCUT2D eigenvalue weighted by molar-refractivity contribution is -0.141. The summed E-state index contributed by atoms with van der Waals surface area (Å²) >= 11 is 0.720. The normalized spacial score (nSPS) is 11.4. The molecule has 2 amide bonds. The third-order valence-electron chi connectivity index (χ3n) is 3.84. The van der Waals surface area contributed by atoms with E-state index in [-0.39, 0.29) is 40.2 Å². The molecule has 2 rings (SSSR count). The molecule has 0 atom stereocenters. The second-order valence-electron chi connectivity index (χ2n) is 6.23. The molecule has 1 aromatic heterocycles. The van der Waals surface area contributed by atoms with Crippen LogP contribution in [-0.2, 0) is 20.4 Å². The first-order valence-corrected chi connectivity index (χ1v) is 10.1. The highest BCUT2D eigenvalue weighted by Crippen LogP contribution is 2.35. The summed E-state index contributed by atoms with van der Waals surface area (Å²) in [6.07, 6.45) is -4.55. The number of carbonyl (C=O) groups excluding carboxylic acids is 2. The van der Waals surface area contributed by atoms with E-state index >= 15 is 0 Å². The molecule has 1 aromatic carbocycles. The number of carbonyl (C=O) groups is 2. The van der Waals surface area contributed by atoms with Crippen LogP contribution in [0.15, 0.2) is 24.3 Å². The zero-order valence-corrected chi connectivity index (χ0v) is 17.6. The van der Waals surface area contributed by atoms with Crippen LogP contribution in [0.5, 0.6) is 0 Å². The van der Waals surface area contributed by atoms with Crippen molar-refractivity contribution in [3.63, 3.8) is 0 Å². The summed E-state index contributed by atoms with van der Waals surface area (Å²) in [6, 6.07) is 6.15. The number of alkyl halides is 3. The Morgan fingerprint density at radius 1 is 1.10 bits per heavy atom. The molecule has 0 saturated heterocycles. The number of aryl methyl sites for hydroxylation is 1. The smallest absolute Gasteiger partial charge is 0.379 e. The van der Waals surface area contributed by atoms with Gasteiger partial charge in [-0.3, -0.25) is 14.9 Å². The summed E-state index contributed by atoms with van der Waals surface area (Å²) in [4.78, 5) is 28.1. The third kappa shape index (κ3) is 7.90. The van der Waals surface area contributed by atoms with E-state index in [1.165, 1.54) is 19.1 Å². The first-order chi connectivity index (χ1) is 14.7. The minimum Gasteiger partial charge on any atom is -0.379 e. The number of ether oxygens (including phenoxy) is 2. The number of nitrogens with zero attached hydrogens (tertiary/aromatic N) is 1. The van der Waals surface area contributed by atoms with Crippen LogP contribution in [0.3, 0.4) is 0 Å². The summed E-state index contributed by atoms with van der Waals surface area (Å²) in [7, 11) is 0.